The summed E-state index contributed by atoms with van der Waals surface area (Å²) in [6, 6.07) is 5.19. The zero-order valence-electron chi connectivity index (χ0n) is 7.12. The van der Waals surface area contributed by atoms with Crippen LogP contribution in [0.4, 0.5) is 0 Å². The summed E-state index contributed by atoms with van der Waals surface area (Å²) in [5.74, 6) is -0.866. The quantitative estimate of drug-likeness (QED) is 0.708. The molecule has 1 aliphatic heterocycles. The van der Waals surface area contributed by atoms with Crippen molar-refractivity contribution in [1.29, 1.82) is 0 Å². The molecule has 0 spiro atoms. The zero-order chi connectivity index (χ0) is 9.26. The molecule has 1 heterocycles. The Bertz CT molecular complexity index is 344. The second-order valence-electron chi connectivity index (χ2n) is 3.09. The highest BCUT2D eigenvalue weighted by Gasteiger charge is 2.11. The molecule has 0 unspecified atom stereocenters. The largest absolute Gasteiger partial charge is 0.478 e. The molecule has 0 amide bonds. The second kappa shape index (κ2) is 3.18. The van der Waals surface area contributed by atoms with E-state index in [1.807, 2.05) is 6.07 Å². The van der Waals surface area contributed by atoms with Crippen LogP contribution >= 0.6 is 0 Å². The number of hydrogen-bond donors (Lipinski definition) is 1. The SMILES string of the molecule is O=C(O)c1ccc2c(c1)CCOC2. The van der Waals surface area contributed by atoms with Gasteiger partial charge in [0.1, 0.15) is 0 Å². The van der Waals surface area contributed by atoms with E-state index in [0.717, 1.165) is 17.5 Å². The average Bonchev–Trinajstić information content (AvgIpc) is 2.17. The number of ether oxygens (including phenoxy) is 1. The molecule has 0 aliphatic carbocycles. The van der Waals surface area contributed by atoms with Gasteiger partial charge in [-0.1, -0.05) is 6.07 Å². The van der Waals surface area contributed by atoms with Gasteiger partial charge in [0.05, 0.1) is 18.8 Å². The van der Waals surface area contributed by atoms with Crippen molar-refractivity contribution in [2.24, 2.45) is 0 Å². The van der Waals surface area contributed by atoms with Crippen molar-refractivity contribution in [3.05, 3.63) is 34.9 Å². The molecule has 3 nitrogen and oxygen atoms in total. The van der Waals surface area contributed by atoms with Gasteiger partial charge in [-0.25, -0.2) is 4.79 Å². The second-order valence-corrected chi connectivity index (χ2v) is 3.09. The number of carbonyl (C=O) groups is 1. The van der Waals surface area contributed by atoms with Gasteiger partial charge in [0.25, 0.3) is 0 Å². The molecule has 0 saturated heterocycles. The van der Waals surface area contributed by atoms with Crippen molar-refractivity contribution in [2.45, 2.75) is 13.0 Å². The van der Waals surface area contributed by atoms with E-state index in [-0.39, 0.29) is 0 Å². The van der Waals surface area contributed by atoms with E-state index < -0.39 is 5.97 Å². The van der Waals surface area contributed by atoms with E-state index in [9.17, 15) is 4.79 Å². The monoisotopic (exact) mass is 178 g/mol. The molecule has 2 rings (SSSR count). The number of aromatic carboxylic acids is 1. The van der Waals surface area contributed by atoms with E-state index in [4.69, 9.17) is 9.84 Å². The van der Waals surface area contributed by atoms with Gasteiger partial charge >= 0.3 is 5.97 Å². The minimum Gasteiger partial charge on any atom is -0.478 e. The van der Waals surface area contributed by atoms with Gasteiger partial charge in [0, 0.05) is 0 Å². The smallest absolute Gasteiger partial charge is 0.335 e. The van der Waals surface area contributed by atoms with Crippen LogP contribution in [0.5, 0.6) is 0 Å². The van der Waals surface area contributed by atoms with Gasteiger partial charge in [-0.3, -0.25) is 0 Å². The van der Waals surface area contributed by atoms with Crippen molar-refractivity contribution in [2.75, 3.05) is 6.61 Å². The van der Waals surface area contributed by atoms with E-state index in [2.05, 4.69) is 0 Å². The Kier molecular flexibility index (Phi) is 2.02. The van der Waals surface area contributed by atoms with E-state index in [1.165, 1.54) is 0 Å². The molecule has 13 heavy (non-hydrogen) atoms. The molecule has 1 aromatic carbocycles. The third-order valence-corrected chi connectivity index (χ3v) is 2.23. The van der Waals surface area contributed by atoms with Crippen LogP contribution in [0.15, 0.2) is 18.2 Å². The highest BCUT2D eigenvalue weighted by Crippen LogP contribution is 2.18. The molecule has 68 valence electrons. The lowest BCUT2D eigenvalue weighted by Gasteiger charge is -2.16. The van der Waals surface area contributed by atoms with Crippen LogP contribution in [0, 0.1) is 0 Å². The summed E-state index contributed by atoms with van der Waals surface area (Å²) < 4.78 is 5.25. The molecule has 1 N–H and O–H groups in total. The third kappa shape index (κ3) is 1.55. The van der Waals surface area contributed by atoms with Gasteiger partial charge in [-0.05, 0) is 29.7 Å². The Morgan fingerprint density at radius 3 is 3.00 bits per heavy atom. The van der Waals surface area contributed by atoms with Gasteiger partial charge < -0.3 is 9.84 Å². The lowest BCUT2D eigenvalue weighted by atomic mass is 10.0. The molecule has 0 bridgehead atoms. The summed E-state index contributed by atoms with van der Waals surface area (Å²) >= 11 is 0. The van der Waals surface area contributed by atoms with Crippen molar-refractivity contribution < 1.29 is 14.6 Å². The van der Waals surface area contributed by atoms with Crippen LogP contribution in [-0.4, -0.2) is 17.7 Å². The first-order valence-corrected chi connectivity index (χ1v) is 4.20. The number of rotatable bonds is 1. The number of carboxylic acid groups (broad SMARTS) is 1. The molecule has 0 saturated carbocycles. The van der Waals surface area contributed by atoms with Gasteiger partial charge in [-0.2, -0.15) is 0 Å². The Morgan fingerprint density at radius 2 is 2.23 bits per heavy atom. The van der Waals surface area contributed by atoms with Crippen molar-refractivity contribution >= 4 is 5.97 Å². The lowest BCUT2D eigenvalue weighted by molar-refractivity contribution is 0.0695. The van der Waals surface area contributed by atoms with Crippen LogP contribution in [0.3, 0.4) is 0 Å². The van der Waals surface area contributed by atoms with Crippen LogP contribution in [0.25, 0.3) is 0 Å². The summed E-state index contributed by atoms with van der Waals surface area (Å²) in [5, 5.41) is 8.76. The summed E-state index contributed by atoms with van der Waals surface area (Å²) in [4.78, 5) is 10.7. The molecular weight excluding hydrogens is 168 g/mol. The fourth-order valence-electron chi connectivity index (χ4n) is 1.50. The Morgan fingerprint density at radius 1 is 1.38 bits per heavy atom. The highest BCUT2D eigenvalue weighted by molar-refractivity contribution is 5.87. The van der Waals surface area contributed by atoms with Crippen LogP contribution in [0.1, 0.15) is 21.5 Å². The molecule has 1 aromatic rings. The molecule has 3 heteroatoms. The first kappa shape index (κ1) is 8.26. The number of hydrogen-bond acceptors (Lipinski definition) is 2. The minimum absolute atomic E-state index is 0.362. The summed E-state index contributed by atoms with van der Waals surface area (Å²) in [5.41, 5.74) is 2.57. The lowest BCUT2D eigenvalue weighted by Crippen LogP contribution is -2.11. The summed E-state index contributed by atoms with van der Waals surface area (Å²) in [6.45, 7) is 1.30. The Balaban J connectivity index is 2.40. The maximum Gasteiger partial charge on any atom is 0.335 e. The first-order chi connectivity index (χ1) is 6.27. The van der Waals surface area contributed by atoms with E-state index >= 15 is 0 Å². The predicted molar refractivity (Wildman–Crippen MR) is 46.8 cm³/mol. The minimum atomic E-state index is -0.866. The topological polar surface area (TPSA) is 46.5 Å². The normalized spacial score (nSPS) is 15.1. The number of fused-ring (bicyclic) bond motifs is 1. The van der Waals surface area contributed by atoms with Crippen LogP contribution in [0.2, 0.25) is 0 Å². The Labute approximate surface area is 76.0 Å². The van der Waals surface area contributed by atoms with Crippen LogP contribution in [-0.2, 0) is 17.8 Å². The third-order valence-electron chi connectivity index (χ3n) is 2.23. The van der Waals surface area contributed by atoms with Gasteiger partial charge in [0.2, 0.25) is 0 Å². The van der Waals surface area contributed by atoms with Crippen molar-refractivity contribution in [3.63, 3.8) is 0 Å². The van der Waals surface area contributed by atoms with Gasteiger partial charge in [0.15, 0.2) is 0 Å². The zero-order valence-corrected chi connectivity index (χ0v) is 7.12. The standard InChI is InChI=1S/C10H10O3/c11-10(12)8-1-2-9-6-13-4-3-7(9)5-8/h1-2,5H,3-4,6H2,(H,11,12). The predicted octanol–water partition coefficient (Wildman–Crippen LogP) is 1.46. The van der Waals surface area contributed by atoms with Gasteiger partial charge in [-0.15, -0.1) is 0 Å². The van der Waals surface area contributed by atoms with E-state index in [1.54, 1.807) is 12.1 Å². The average molecular weight is 178 g/mol. The van der Waals surface area contributed by atoms with Crippen LogP contribution < -0.4 is 0 Å². The molecular formula is C10H10O3. The number of benzene rings is 1. The highest BCUT2D eigenvalue weighted by atomic mass is 16.5. The van der Waals surface area contributed by atoms with Crippen molar-refractivity contribution in [3.8, 4) is 0 Å². The van der Waals surface area contributed by atoms with Crippen molar-refractivity contribution in [1.82, 2.24) is 0 Å². The fourth-order valence-corrected chi connectivity index (χ4v) is 1.50. The summed E-state index contributed by atoms with van der Waals surface area (Å²) in [7, 11) is 0. The molecule has 0 fully saturated rings. The van der Waals surface area contributed by atoms with E-state index in [0.29, 0.717) is 18.8 Å². The molecule has 0 atom stereocenters. The maximum atomic E-state index is 10.7. The molecule has 1 aliphatic rings. The first-order valence-electron chi connectivity index (χ1n) is 4.20. The molecule has 0 radical (unpaired) electrons. The molecule has 0 aromatic heterocycles. The Hall–Kier alpha value is -1.35. The summed E-state index contributed by atoms with van der Waals surface area (Å²) in [6.07, 6.45) is 0.816. The number of carboxylic acids is 1. The fraction of sp³-hybridized carbons (Fsp3) is 0.300. The maximum absolute atomic E-state index is 10.7.